The minimum atomic E-state index is 0.127. The van der Waals surface area contributed by atoms with E-state index >= 15 is 0 Å². The van der Waals surface area contributed by atoms with Gasteiger partial charge >= 0.3 is 0 Å². The predicted molar refractivity (Wildman–Crippen MR) is 75.5 cm³/mol. The van der Waals surface area contributed by atoms with Crippen LogP contribution in [0, 0.1) is 6.92 Å². The molecule has 0 fully saturated rings. The van der Waals surface area contributed by atoms with E-state index < -0.39 is 0 Å². The van der Waals surface area contributed by atoms with Crippen LogP contribution in [0.25, 0.3) is 0 Å². The molecule has 19 heavy (non-hydrogen) atoms. The third kappa shape index (κ3) is 5.59. The molecule has 0 radical (unpaired) electrons. The standard InChI is InChI=1S/C15H25NO3/c1-12(2)19-15-5-4-13(3)10-14(15)11-16(6-8-17)7-9-18/h4-5,10,12,17-18H,6-9,11H2,1-3H3/p+1. The molecule has 0 amide bonds. The molecule has 4 heteroatoms. The zero-order valence-corrected chi connectivity index (χ0v) is 12.1. The summed E-state index contributed by atoms with van der Waals surface area (Å²) < 4.78 is 5.82. The number of quaternary nitrogens is 1. The average molecular weight is 268 g/mol. The van der Waals surface area contributed by atoms with E-state index in [0.717, 1.165) is 22.8 Å². The Kier molecular flexibility index (Phi) is 6.84. The summed E-state index contributed by atoms with van der Waals surface area (Å²) in [5.74, 6) is 0.897. The summed E-state index contributed by atoms with van der Waals surface area (Å²) >= 11 is 0. The lowest BCUT2D eigenvalue weighted by molar-refractivity contribution is -0.914. The van der Waals surface area contributed by atoms with Crippen LogP contribution in [0.1, 0.15) is 25.0 Å². The van der Waals surface area contributed by atoms with Crippen molar-refractivity contribution in [2.24, 2.45) is 0 Å². The Bertz CT molecular complexity index is 374. The van der Waals surface area contributed by atoms with Crippen molar-refractivity contribution in [2.75, 3.05) is 26.3 Å². The number of rotatable bonds is 8. The third-order valence-electron chi connectivity index (χ3n) is 2.95. The SMILES string of the molecule is Cc1ccc(OC(C)C)c(C[NH+](CCO)CCO)c1. The Balaban J connectivity index is 2.86. The second-order valence-corrected chi connectivity index (χ2v) is 5.15. The van der Waals surface area contributed by atoms with Gasteiger partial charge in [0.2, 0.25) is 0 Å². The molecule has 0 spiro atoms. The highest BCUT2D eigenvalue weighted by Crippen LogP contribution is 2.20. The van der Waals surface area contributed by atoms with Crippen molar-refractivity contribution >= 4 is 0 Å². The Hall–Kier alpha value is -1.10. The van der Waals surface area contributed by atoms with Crippen LogP contribution >= 0.6 is 0 Å². The fourth-order valence-electron chi connectivity index (χ4n) is 2.10. The maximum atomic E-state index is 9.08. The topological polar surface area (TPSA) is 54.1 Å². The van der Waals surface area contributed by atoms with E-state index in [1.54, 1.807) is 0 Å². The first-order chi connectivity index (χ1) is 9.06. The molecule has 0 aromatic heterocycles. The van der Waals surface area contributed by atoms with Crippen LogP contribution in [-0.4, -0.2) is 42.6 Å². The molecule has 108 valence electrons. The molecule has 1 aromatic carbocycles. The second kappa shape index (κ2) is 8.15. The lowest BCUT2D eigenvalue weighted by Gasteiger charge is -2.20. The van der Waals surface area contributed by atoms with E-state index in [1.165, 1.54) is 5.56 Å². The number of aliphatic hydroxyl groups is 2. The summed E-state index contributed by atoms with van der Waals surface area (Å²) in [6, 6.07) is 6.16. The smallest absolute Gasteiger partial charge is 0.128 e. The maximum Gasteiger partial charge on any atom is 0.128 e. The number of ether oxygens (including phenoxy) is 1. The second-order valence-electron chi connectivity index (χ2n) is 5.15. The molecule has 3 N–H and O–H groups in total. The van der Waals surface area contributed by atoms with E-state index in [-0.39, 0.29) is 19.3 Å². The first-order valence-corrected chi connectivity index (χ1v) is 6.88. The van der Waals surface area contributed by atoms with Gasteiger partial charge in [-0.15, -0.1) is 0 Å². The normalized spacial score (nSPS) is 11.3. The molecule has 0 atom stereocenters. The molecule has 0 aliphatic carbocycles. The summed E-state index contributed by atoms with van der Waals surface area (Å²) in [5.41, 5.74) is 2.32. The minimum absolute atomic E-state index is 0.127. The maximum absolute atomic E-state index is 9.08. The molecular weight excluding hydrogens is 242 g/mol. The minimum Gasteiger partial charge on any atom is -0.490 e. The molecular formula is C15H26NO3+. The summed E-state index contributed by atoms with van der Waals surface area (Å²) in [7, 11) is 0. The molecule has 0 aliphatic rings. The first kappa shape index (κ1) is 16.0. The number of hydrogen-bond donors (Lipinski definition) is 3. The Morgan fingerprint density at radius 3 is 2.32 bits per heavy atom. The Labute approximate surface area is 115 Å². The molecule has 0 saturated carbocycles. The highest BCUT2D eigenvalue weighted by Gasteiger charge is 2.13. The van der Waals surface area contributed by atoms with Crippen LogP contribution in [0.3, 0.4) is 0 Å². The third-order valence-corrected chi connectivity index (χ3v) is 2.95. The Morgan fingerprint density at radius 1 is 1.16 bits per heavy atom. The van der Waals surface area contributed by atoms with Gasteiger partial charge in [-0.05, 0) is 32.9 Å². The fourth-order valence-corrected chi connectivity index (χ4v) is 2.10. The quantitative estimate of drug-likeness (QED) is 0.629. The van der Waals surface area contributed by atoms with Crippen molar-refractivity contribution in [1.29, 1.82) is 0 Å². The van der Waals surface area contributed by atoms with Gasteiger partial charge in [-0.3, -0.25) is 0 Å². The van der Waals surface area contributed by atoms with Crippen molar-refractivity contribution < 1.29 is 19.8 Å². The van der Waals surface area contributed by atoms with E-state index in [0.29, 0.717) is 13.1 Å². The van der Waals surface area contributed by atoms with E-state index in [4.69, 9.17) is 14.9 Å². The van der Waals surface area contributed by atoms with Crippen LogP contribution in [0.4, 0.5) is 0 Å². The summed E-state index contributed by atoms with van der Waals surface area (Å²) in [5, 5.41) is 18.2. The zero-order chi connectivity index (χ0) is 14.3. The molecule has 0 heterocycles. The Morgan fingerprint density at radius 2 is 1.79 bits per heavy atom. The number of aryl methyl sites for hydroxylation is 1. The van der Waals surface area contributed by atoms with Crippen molar-refractivity contribution in [1.82, 2.24) is 0 Å². The highest BCUT2D eigenvalue weighted by atomic mass is 16.5. The largest absolute Gasteiger partial charge is 0.490 e. The van der Waals surface area contributed by atoms with Crippen LogP contribution < -0.4 is 9.64 Å². The molecule has 1 aromatic rings. The van der Waals surface area contributed by atoms with Gasteiger partial charge in [-0.25, -0.2) is 0 Å². The number of benzene rings is 1. The lowest BCUT2D eigenvalue weighted by atomic mass is 10.1. The van der Waals surface area contributed by atoms with Gasteiger partial charge in [0.15, 0.2) is 0 Å². The molecule has 0 saturated heterocycles. The van der Waals surface area contributed by atoms with Crippen LogP contribution in [-0.2, 0) is 6.54 Å². The van der Waals surface area contributed by atoms with Crippen LogP contribution in [0.5, 0.6) is 5.75 Å². The monoisotopic (exact) mass is 268 g/mol. The van der Waals surface area contributed by atoms with Crippen molar-refractivity contribution in [3.63, 3.8) is 0 Å². The van der Waals surface area contributed by atoms with Crippen LogP contribution in [0.15, 0.2) is 18.2 Å². The molecule has 1 rings (SSSR count). The molecule has 0 bridgehead atoms. The van der Waals surface area contributed by atoms with E-state index in [1.807, 2.05) is 26.0 Å². The van der Waals surface area contributed by atoms with Gasteiger partial charge in [0, 0.05) is 5.56 Å². The van der Waals surface area contributed by atoms with Crippen molar-refractivity contribution in [3.05, 3.63) is 29.3 Å². The summed E-state index contributed by atoms with van der Waals surface area (Å²) in [6.07, 6.45) is 0.139. The number of nitrogens with one attached hydrogen (secondary N) is 1. The van der Waals surface area contributed by atoms with Gasteiger partial charge in [-0.1, -0.05) is 11.6 Å². The molecule has 0 aliphatic heterocycles. The van der Waals surface area contributed by atoms with Crippen molar-refractivity contribution in [3.8, 4) is 5.75 Å². The highest BCUT2D eigenvalue weighted by molar-refractivity contribution is 5.36. The fraction of sp³-hybridized carbons (Fsp3) is 0.600. The van der Waals surface area contributed by atoms with Gasteiger partial charge in [0.05, 0.1) is 19.3 Å². The average Bonchev–Trinajstić information content (AvgIpc) is 2.33. The number of hydrogen-bond acceptors (Lipinski definition) is 3. The molecule has 0 unspecified atom stereocenters. The summed E-state index contributed by atoms with van der Waals surface area (Å²) in [6.45, 7) is 8.35. The first-order valence-electron chi connectivity index (χ1n) is 6.88. The van der Waals surface area contributed by atoms with E-state index in [9.17, 15) is 0 Å². The zero-order valence-electron chi connectivity index (χ0n) is 12.1. The van der Waals surface area contributed by atoms with E-state index in [2.05, 4.69) is 13.0 Å². The molecule has 4 nitrogen and oxygen atoms in total. The summed E-state index contributed by atoms with van der Waals surface area (Å²) in [4.78, 5) is 1.16. The van der Waals surface area contributed by atoms with Crippen molar-refractivity contribution in [2.45, 2.75) is 33.4 Å². The van der Waals surface area contributed by atoms with Gasteiger partial charge in [0.1, 0.15) is 25.4 Å². The van der Waals surface area contributed by atoms with Gasteiger partial charge in [-0.2, -0.15) is 0 Å². The predicted octanol–water partition coefficient (Wildman–Crippen LogP) is 0.152. The number of aliphatic hydroxyl groups excluding tert-OH is 2. The lowest BCUT2D eigenvalue weighted by Crippen LogP contribution is -3.11. The van der Waals surface area contributed by atoms with Gasteiger partial charge < -0.3 is 19.8 Å². The van der Waals surface area contributed by atoms with Crippen LogP contribution in [0.2, 0.25) is 0 Å². The van der Waals surface area contributed by atoms with Gasteiger partial charge in [0.25, 0.3) is 0 Å².